The van der Waals surface area contributed by atoms with Gasteiger partial charge in [-0.25, -0.2) is 4.79 Å². The molecule has 28 heavy (non-hydrogen) atoms. The van der Waals surface area contributed by atoms with E-state index in [-0.39, 0.29) is 11.4 Å². The molecule has 2 heterocycles. The van der Waals surface area contributed by atoms with Gasteiger partial charge in [0.25, 0.3) is 0 Å². The predicted molar refractivity (Wildman–Crippen MR) is 116 cm³/mol. The molecule has 1 N–H and O–H groups in total. The van der Waals surface area contributed by atoms with Crippen LogP contribution in [0.4, 0.5) is 10.5 Å². The van der Waals surface area contributed by atoms with Crippen LogP contribution in [-0.4, -0.2) is 43.7 Å². The van der Waals surface area contributed by atoms with E-state index >= 15 is 0 Å². The molecule has 0 radical (unpaired) electrons. The second-order valence-electron chi connectivity index (χ2n) is 7.83. The number of amides is 2. The van der Waals surface area contributed by atoms with Crippen LogP contribution in [-0.2, 0) is 5.41 Å². The van der Waals surface area contributed by atoms with Gasteiger partial charge in [0.05, 0.1) is 0 Å². The van der Waals surface area contributed by atoms with Crippen molar-refractivity contribution in [2.75, 3.05) is 37.6 Å². The van der Waals surface area contributed by atoms with Crippen LogP contribution in [0.1, 0.15) is 30.9 Å². The van der Waals surface area contributed by atoms with Crippen molar-refractivity contribution < 1.29 is 4.79 Å². The van der Waals surface area contributed by atoms with E-state index in [2.05, 4.69) is 64.8 Å². The van der Waals surface area contributed by atoms with Crippen LogP contribution in [0.3, 0.4) is 0 Å². The van der Waals surface area contributed by atoms with Gasteiger partial charge in [0, 0.05) is 30.7 Å². The zero-order valence-electron chi connectivity index (χ0n) is 16.6. The van der Waals surface area contributed by atoms with E-state index in [1.165, 1.54) is 11.1 Å². The van der Waals surface area contributed by atoms with Crippen LogP contribution in [0.2, 0.25) is 0 Å². The number of nitrogens with zero attached hydrogens (tertiary/aromatic N) is 2. The first-order chi connectivity index (χ1) is 13.7. The highest BCUT2D eigenvalue weighted by Gasteiger charge is 2.45. The summed E-state index contributed by atoms with van der Waals surface area (Å²) in [5.41, 5.74) is 3.78. The number of piperidine rings is 1. The molecule has 2 aliphatic rings. The molecule has 0 saturated carbocycles. The molecule has 2 aromatic carbocycles. The first-order valence-corrected chi connectivity index (χ1v) is 10.3. The number of para-hydroxylation sites is 1. The summed E-state index contributed by atoms with van der Waals surface area (Å²) in [5, 5.41) is 2.97. The number of carbonyl (C=O) groups is 1. The summed E-state index contributed by atoms with van der Waals surface area (Å²) < 4.78 is 0. The summed E-state index contributed by atoms with van der Waals surface area (Å²) in [6, 6.07) is 18.9. The number of nitrogens with one attached hydrogen (secondary N) is 1. The van der Waals surface area contributed by atoms with E-state index in [1.54, 1.807) is 0 Å². The van der Waals surface area contributed by atoms with E-state index < -0.39 is 0 Å². The van der Waals surface area contributed by atoms with Crippen molar-refractivity contribution in [3.63, 3.8) is 0 Å². The molecule has 0 aromatic heterocycles. The van der Waals surface area contributed by atoms with Crippen molar-refractivity contribution in [2.45, 2.75) is 25.2 Å². The van der Waals surface area contributed by atoms with Crippen LogP contribution in [0.5, 0.6) is 0 Å². The maximum atomic E-state index is 12.6. The molecular weight excluding hydrogens is 346 g/mol. The van der Waals surface area contributed by atoms with Crippen LogP contribution >= 0.6 is 0 Å². The summed E-state index contributed by atoms with van der Waals surface area (Å²) >= 11 is 0. The monoisotopic (exact) mass is 375 g/mol. The lowest BCUT2D eigenvalue weighted by Gasteiger charge is -2.39. The van der Waals surface area contributed by atoms with E-state index in [0.717, 1.165) is 44.7 Å². The third kappa shape index (κ3) is 3.69. The Hall–Kier alpha value is -2.59. The average molecular weight is 376 g/mol. The van der Waals surface area contributed by atoms with Crippen molar-refractivity contribution in [3.05, 3.63) is 71.8 Å². The highest BCUT2D eigenvalue weighted by atomic mass is 16.2. The van der Waals surface area contributed by atoms with Crippen molar-refractivity contribution in [1.82, 2.24) is 10.2 Å². The summed E-state index contributed by atoms with van der Waals surface area (Å²) in [6.07, 6.45) is 6.65. The van der Waals surface area contributed by atoms with Gasteiger partial charge in [0.1, 0.15) is 0 Å². The minimum absolute atomic E-state index is 0.0278. The van der Waals surface area contributed by atoms with Gasteiger partial charge in [-0.3, -0.25) is 9.80 Å². The molecule has 4 heteroatoms. The molecule has 1 fully saturated rings. The molecule has 1 saturated heterocycles. The average Bonchev–Trinajstić information content (AvgIpc) is 3.05. The maximum Gasteiger partial charge on any atom is 0.321 e. The smallest absolute Gasteiger partial charge is 0.321 e. The van der Waals surface area contributed by atoms with Gasteiger partial charge in [0.2, 0.25) is 0 Å². The van der Waals surface area contributed by atoms with Gasteiger partial charge in [0.15, 0.2) is 0 Å². The Bertz CT molecular complexity index is 838. The SMILES string of the molecule is CCNC(=O)N1CC2(CCN(C/C=C/c3ccccc3)CC2)c2ccccc21. The Balaban J connectivity index is 1.42. The molecule has 4 rings (SSSR count). The second kappa shape index (κ2) is 8.19. The number of likely N-dealkylation sites (tertiary alicyclic amines) is 1. The van der Waals surface area contributed by atoms with Crippen LogP contribution in [0.15, 0.2) is 60.7 Å². The summed E-state index contributed by atoms with van der Waals surface area (Å²) in [5.74, 6) is 0. The third-order valence-electron chi connectivity index (χ3n) is 6.09. The van der Waals surface area contributed by atoms with Gasteiger partial charge >= 0.3 is 6.03 Å². The lowest BCUT2D eigenvalue weighted by Crippen LogP contribution is -2.47. The number of hydrogen-bond acceptors (Lipinski definition) is 2. The van der Waals surface area contributed by atoms with Crippen LogP contribution < -0.4 is 10.2 Å². The number of hydrogen-bond donors (Lipinski definition) is 1. The van der Waals surface area contributed by atoms with Crippen molar-refractivity contribution >= 4 is 17.8 Å². The highest BCUT2D eigenvalue weighted by Crippen LogP contribution is 2.46. The van der Waals surface area contributed by atoms with Gasteiger partial charge in [-0.15, -0.1) is 0 Å². The molecule has 146 valence electrons. The molecule has 0 unspecified atom stereocenters. The summed E-state index contributed by atoms with van der Waals surface area (Å²) in [6.45, 7) is 6.54. The molecule has 0 bridgehead atoms. The molecule has 0 atom stereocenters. The Labute approximate surface area is 167 Å². The standard InChI is InChI=1S/C24H29N3O/c1-2-25-23(28)27-19-24(21-12-6-7-13-22(21)27)14-17-26(18-15-24)16-8-11-20-9-4-3-5-10-20/h3-13H,2,14-19H2,1H3,(H,25,28)/b11-8+. The fourth-order valence-electron chi connectivity index (χ4n) is 4.55. The Morgan fingerprint density at radius 1 is 1.07 bits per heavy atom. The number of anilines is 1. The molecule has 2 aliphatic heterocycles. The van der Waals surface area contributed by atoms with Gasteiger partial charge in [-0.05, 0) is 50.0 Å². The lowest BCUT2D eigenvalue weighted by atomic mass is 9.74. The summed E-state index contributed by atoms with van der Waals surface area (Å²) in [7, 11) is 0. The molecule has 0 aliphatic carbocycles. The number of carbonyl (C=O) groups excluding carboxylic acids is 1. The molecular formula is C24H29N3O. The normalized spacial score (nSPS) is 18.5. The van der Waals surface area contributed by atoms with E-state index in [9.17, 15) is 4.79 Å². The molecule has 2 aromatic rings. The zero-order valence-corrected chi connectivity index (χ0v) is 16.6. The fourth-order valence-corrected chi connectivity index (χ4v) is 4.55. The lowest BCUT2D eigenvalue weighted by molar-refractivity contribution is 0.180. The number of benzene rings is 2. The molecule has 1 spiro atoms. The second-order valence-corrected chi connectivity index (χ2v) is 7.83. The molecule has 4 nitrogen and oxygen atoms in total. The van der Waals surface area contributed by atoms with E-state index in [4.69, 9.17) is 0 Å². The predicted octanol–water partition coefficient (Wildman–Crippen LogP) is 4.28. The highest BCUT2D eigenvalue weighted by molar-refractivity contribution is 5.95. The first kappa shape index (κ1) is 18.8. The Morgan fingerprint density at radius 3 is 2.54 bits per heavy atom. The maximum absolute atomic E-state index is 12.6. The van der Waals surface area contributed by atoms with Crippen LogP contribution in [0.25, 0.3) is 6.08 Å². The molecule has 2 amide bonds. The topological polar surface area (TPSA) is 35.6 Å². The van der Waals surface area contributed by atoms with Gasteiger partial charge in [-0.2, -0.15) is 0 Å². The number of urea groups is 1. The fraction of sp³-hybridized carbons (Fsp3) is 0.375. The quantitative estimate of drug-likeness (QED) is 0.866. The van der Waals surface area contributed by atoms with Gasteiger partial charge < -0.3 is 5.32 Å². The minimum atomic E-state index is 0.0278. The Kier molecular flexibility index (Phi) is 5.49. The number of rotatable bonds is 4. The zero-order chi connectivity index (χ0) is 19.4. The minimum Gasteiger partial charge on any atom is -0.338 e. The van der Waals surface area contributed by atoms with Crippen molar-refractivity contribution in [3.8, 4) is 0 Å². The largest absolute Gasteiger partial charge is 0.338 e. The van der Waals surface area contributed by atoms with Crippen molar-refractivity contribution in [2.24, 2.45) is 0 Å². The van der Waals surface area contributed by atoms with E-state index in [1.807, 2.05) is 24.0 Å². The Morgan fingerprint density at radius 2 is 1.79 bits per heavy atom. The number of fused-ring (bicyclic) bond motifs is 2. The van der Waals surface area contributed by atoms with Crippen molar-refractivity contribution in [1.29, 1.82) is 0 Å². The van der Waals surface area contributed by atoms with E-state index in [0.29, 0.717) is 6.54 Å². The summed E-state index contributed by atoms with van der Waals surface area (Å²) in [4.78, 5) is 17.0. The first-order valence-electron chi connectivity index (χ1n) is 10.3. The van der Waals surface area contributed by atoms with Crippen LogP contribution in [0, 0.1) is 0 Å². The van der Waals surface area contributed by atoms with Gasteiger partial charge in [-0.1, -0.05) is 60.7 Å². The third-order valence-corrected chi connectivity index (χ3v) is 6.09.